The third-order valence-corrected chi connectivity index (χ3v) is 7.80. The molecular formula is C41H68HfN4. The van der Waals surface area contributed by atoms with Crippen LogP contribution in [0.15, 0.2) is 46.4 Å². The van der Waals surface area contributed by atoms with Crippen molar-refractivity contribution in [1.29, 1.82) is 0 Å². The Morgan fingerprint density at radius 1 is 0.522 bits per heavy atom. The van der Waals surface area contributed by atoms with E-state index in [4.69, 9.17) is 20.6 Å². The van der Waals surface area contributed by atoms with Gasteiger partial charge in [0.15, 0.2) is 0 Å². The van der Waals surface area contributed by atoms with Crippen LogP contribution in [0.5, 0.6) is 0 Å². The molecule has 0 aliphatic rings. The van der Waals surface area contributed by atoms with Gasteiger partial charge in [-0.05, 0) is 68.1 Å². The minimum atomic E-state index is -0.118. The second kappa shape index (κ2) is 20.6. The quantitative estimate of drug-likeness (QED) is 0.0676. The molecule has 46 heavy (non-hydrogen) atoms. The maximum absolute atomic E-state index is 5.25. The van der Waals surface area contributed by atoms with E-state index in [1.165, 1.54) is 22.3 Å². The Kier molecular flexibility index (Phi) is 20.7. The molecule has 2 aromatic rings. The normalized spacial score (nSPS) is 12.7. The number of hydrogen-bond donors (Lipinski definition) is 0. The summed E-state index contributed by atoms with van der Waals surface area (Å²) in [7, 11) is 0. The van der Waals surface area contributed by atoms with Crippen molar-refractivity contribution >= 4 is 23.0 Å². The van der Waals surface area contributed by atoms with Crippen molar-refractivity contribution in [1.82, 2.24) is 0 Å². The Hall–Kier alpha value is -1.75. The van der Waals surface area contributed by atoms with Gasteiger partial charge < -0.3 is 35.5 Å². The van der Waals surface area contributed by atoms with Crippen LogP contribution in [-0.2, 0) is 25.8 Å². The van der Waals surface area contributed by atoms with Crippen LogP contribution in [0.1, 0.15) is 162 Å². The largest absolute Gasteiger partial charge is 4.00 e. The van der Waals surface area contributed by atoms with Crippen molar-refractivity contribution in [2.24, 2.45) is 20.8 Å². The molecule has 0 unspecified atom stereocenters. The van der Waals surface area contributed by atoms with Gasteiger partial charge in [-0.2, -0.15) is 0 Å². The van der Waals surface area contributed by atoms with Crippen molar-refractivity contribution in [2.75, 3.05) is 13.1 Å². The third-order valence-electron chi connectivity index (χ3n) is 7.80. The summed E-state index contributed by atoms with van der Waals surface area (Å²) in [6, 6.07) is 13.2. The van der Waals surface area contributed by atoms with Crippen LogP contribution in [0.4, 0.5) is 11.4 Å². The Balaban J connectivity index is 0. The van der Waals surface area contributed by atoms with Crippen LogP contribution < -0.4 is 0 Å². The first kappa shape index (κ1) is 46.4. The Morgan fingerprint density at radius 3 is 1.00 bits per heavy atom. The SMILES string of the molecule is CC(C)c1cccc(C(C)C)c1N=C([N-]CCCCC[N-]C(=Nc1c(C(C)C)cccc1C(C)C)C(C)(C)C)C(C)(C)C.[CH3-].[CH3-].[Hf+4]. The first-order valence-corrected chi connectivity index (χ1v) is 16.7. The fraction of sp³-hybridized carbons (Fsp3) is 0.610. The molecule has 0 saturated carbocycles. The summed E-state index contributed by atoms with van der Waals surface area (Å²) in [5.41, 5.74) is 7.22. The fourth-order valence-electron chi connectivity index (χ4n) is 5.14. The van der Waals surface area contributed by atoms with Crippen molar-refractivity contribution in [3.63, 3.8) is 0 Å². The monoisotopic (exact) mass is 796 g/mol. The molecule has 0 amide bonds. The fourth-order valence-corrected chi connectivity index (χ4v) is 5.14. The number of benzene rings is 2. The summed E-state index contributed by atoms with van der Waals surface area (Å²) in [5.74, 6) is 3.55. The first-order chi connectivity index (χ1) is 19.9. The van der Waals surface area contributed by atoms with Gasteiger partial charge in [0.05, 0.1) is 0 Å². The molecule has 2 aromatic carbocycles. The molecule has 5 heteroatoms. The molecule has 256 valence electrons. The smallest absolute Gasteiger partial charge is 0.469 e. The number of nitrogens with zero attached hydrogens (tertiary/aromatic N) is 4. The van der Waals surface area contributed by atoms with Crippen molar-refractivity contribution in [3.05, 3.63) is 84.1 Å². The molecule has 2 rings (SSSR count). The van der Waals surface area contributed by atoms with Crippen molar-refractivity contribution < 1.29 is 25.8 Å². The molecule has 0 fully saturated rings. The molecule has 0 aliphatic carbocycles. The second-order valence-corrected chi connectivity index (χ2v) is 15.4. The van der Waals surface area contributed by atoms with Crippen LogP contribution in [0, 0.1) is 25.7 Å². The van der Waals surface area contributed by atoms with Gasteiger partial charge in [0.25, 0.3) is 0 Å². The Morgan fingerprint density at radius 2 is 0.783 bits per heavy atom. The standard InChI is InChI=1S/C39H62N4.2CH3.Hf/c1-26(2)30-20-18-21-31(27(3)4)34(30)42-36(38(9,10)11)40-24-16-15-17-25-41-37(39(12,13)14)43-35-32(28(5)6)22-19-23-33(35)29(7)8;;;/h18-23,26-29H,15-17,24-25H2,1-14H3;2*1H3;/q-2;2*-1;+4. The van der Waals surface area contributed by atoms with Gasteiger partial charge in [0, 0.05) is 0 Å². The minimum Gasteiger partial charge on any atom is -0.469 e. The third kappa shape index (κ3) is 13.8. The van der Waals surface area contributed by atoms with Crippen LogP contribution in [0.2, 0.25) is 0 Å². The molecule has 0 aliphatic heterocycles. The number of unbranched alkanes of at least 4 members (excludes halogenated alkanes) is 2. The van der Waals surface area contributed by atoms with Gasteiger partial charge in [-0.1, -0.05) is 177 Å². The molecule has 0 aromatic heterocycles. The van der Waals surface area contributed by atoms with Gasteiger partial charge in [-0.3, -0.25) is 0 Å². The van der Waals surface area contributed by atoms with E-state index in [2.05, 4.69) is 133 Å². The van der Waals surface area contributed by atoms with Gasteiger partial charge in [-0.25, -0.2) is 0 Å². The summed E-state index contributed by atoms with van der Waals surface area (Å²) in [6.45, 7) is 32.9. The number of rotatable bonds is 12. The number of amidine groups is 2. The zero-order chi connectivity index (χ0) is 32.5. The summed E-state index contributed by atoms with van der Waals surface area (Å²) < 4.78 is 0. The summed E-state index contributed by atoms with van der Waals surface area (Å²) in [6.07, 6.45) is 3.15. The van der Waals surface area contributed by atoms with Crippen LogP contribution in [0.3, 0.4) is 0 Å². The van der Waals surface area contributed by atoms with Gasteiger partial charge in [0.2, 0.25) is 0 Å². The van der Waals surface area contributed by atoms with Crippen LogP contribution >= 0.6 is 0 Å². The number of hydrogen-bond acceptors (Lipinski definition) is 2. The predicted molar refractivity (Wildman–Crippen MR) is 205 cm³/mol. The van der Waals surface area contributed by atoms with Crippen molar-refractivity contribution in [3.8, 4) is 0 Å². The topological polar surface area (TPSA) is 52.9 Å². The summed E-state index contributed by atoms with van der Waals surface area (Å²) in [4.78, 5) is 10.5. The molecule has 0 saturated heterocycles. The molecule has 0 radical (unpaired) electrons. The van der Waals surface area contributed by atoms with E-state index in [-0.39, 0.29) is 51.5 Å². The Labute approximate surface area is 305 Å². The maximum Gasteiger partial charge on any atom is 4.00 e. The van der Waals surface area contributed by atoms with Gasteiger partial charge in [-0.15, -0.1) is 0 Å². The van der Waals surface area contributed by atoms with Crippen molar-refractivity contribution in [2.45, 2.75) is 140 Å². The number of aliphatic imine (C=N–C) groups is 2. The van der Waals surface area contributed by atoms with Gasteiger partial charge >= 0.3 is 25.8 Å². The second-order valence-electron chi connectivity index (χ2n) is 15.4. The summed E-state index contributed by atoms with van der Waals surface area (Å²) in [5, 5.41) is 10.1. The Bertz CT molecular complexity index is 1080. The number of para-hydroxylation sites is 2. The average molecular weight is 796 g/mol. The van der Waals surface area contributed by atoms with E-state index >= 15 is 0 Å². The molecule has 0 heterocycles. The molecule has 0 N–H and O–H groups in total. The van der Waals surface area contributed by atoms with Gasteiger partial charge in [0.1, 0.15) is 0 Å². The zero-order valence-corrected chi connectivity index (χ0v) is 36.2. The predicted octanol–water partition coefficient (Wildman–Crippen LogP) is 13.8. The van der Waals surface area contributed by atoms with E-state index in [9.17, 15) is 0 Å². The average Bonchev–Trinajstić information content (AvgIpc) is 2.89. The zero-order valence-electron chi connectivity index (χ0n) is 32.6. The molecular weight excluding hydrogens is 727 g/mol. The van der Waals surface area contributed by atoms with Crippen LogP contribution in [-0.4, -0.2) is 24.8 Å². The van der Waals surface area contributed by atoms with E-state index < -0.39 is 0 Å². The summed E-state index contributed by atoms with van der Waals surface area (Å²) >= 11 is 0. The molecule has 0 bridgehead atoms. The van der Waals surface area contributed by atoms with Crippen LogP contribution in [0.25, 0.3) is 10.6 Å². The maximum atomic E-state index is 5.25. The first-order valence-electron chi connectivity index (χ1n) is 16.7. The van der Waals surface area contributed by atoms with E-state index in [1.807, 2.05) is 0 Å². The molecule has 0 spiro atoms. The van der Waals surface area contributed by atoms with E-state index in [0.717, 1.165) is 55.4 Å². The minimum absolute atomic E-state index is 0. The van der Waals surface area contributed by atoms with E-state index in [0.29, 0.717) is 23.7 Å². The van der Waals surface area contributed by atoms with E-state index in [1.54, 1.807) is 0 Å². The molecule has 0 atom stereocenters. The molecule has 4 nitrogen and oxygen atoms in total.